The molecule has 0 bridgehead atoms. The van der Waals surface area contributed by atoms with Crippen LogP contribution >= 0.6 is 0 Å². The number of halogens is 1. The maximum absolute atomic E-state index is 13.8. The Morgan fingerprint density at radius 3 is 2.43 bits per heavy atom. The molecule has 0 aliphatic heterocycles. The molecule has 0 aromatic heterocycles. The van der Waals surface area contributed by atoms with Gasteiger partial charge in [-0.2, -0.15) is 0 Å². The van der Waals surface area contributed by atoms with Crippen molar-refractivity contribution in [3.8, 4) is 0 Å². The minimum absolute atomic E-state index is 0.155. The van der Waals surface area contributed by atoms with Crippen LogP contribution in [-0.2, 0) is 11.3 Å². The van der Waals surface area contributed by atoms with Gasteiger partial charge in [0.05, 0.1) is 5.69 Å². The van der Waals surface area contributed by atoms with Crippen LogP contribution in [0.1, 0.15) is 12.0 Å². The Bertz CT molecular complexity index is 586. The summed E-state index contributed by atoms with van der Waals surface area (Å²) in [5.74, 6) is -0.456. The van der Waals surface area contributed by atoms with Crippen LogP contribution in [0.4, 0.5) is 14.9 Å². The number of para-hydroxylation sites is 1. The van der Waals surface area contributed by atoms with Crippen LogP contribution in [0.5, 0.6) is 0 Å². The van der Waals surface area contributed by atoms with E-state index in [1.807, 2.05) is 30.3 Å². The monoisotopic (exact) mass is 286 g/mol. The van der Waals surface area contributed by atoms with Gasteiger partial charge in [-0.1, -0.05) is 49.4 Å². The molecule has 0 heterocycles. The Hall–Kier alpha value is -2.36. The molecule has 0 saturated heterocycles. The van der Waals surface area contributed by atoms with E-state index >= 15 is 0 Å². The summed E-state index contributed by atoms with van der Waals surface area (Å²) in [6.45, 7) is 4.16. The molecular formula is C17H17FNO2. The fraction of sp³-hybridized carbons (Fsp3) is 0.176. The van der Waals surface area contributed by atoms with Crippen molar-refractivity contribution in [1.82, 2.24) is 0 Å². The van der Waals surface area contributed by atoms with Gasteiger partial charge in [-0.3, -0.25) is 4.90 Å². The molecule has 0 fully saturated rings. The van der Waals surface area contributed by atoms with Crippen molar-refractivity contribution < 1.29 is 13.9 Å². The largest absolute Gasteiger partial charge is 0.444 e. The van der Waals surface area contributed by atoms with E-state index < -0.39 is 11.9 Å². The number of hydrogen-bond donors (Lipinski definition) is 0. The van der Waals surface area contributed by atoms with Gasteiger partial charge < -0.3 is 4.74 Å². The van der Waals surface area contributed by atoms with Crippen molar-refractivity contribution in [2.75, 3.05) is 11.4 Å². The molecule has 0 spiro atoms. The number of benzene rings is 2. The summed E-state index contributed by atoms with van der Waals surface area (Å²) in [5, 5.41) is 0. The zero-order chi connectivity index (χ0) is 15.1. The molecule has 4 heteroatoms. The van der Waals surface area contributed by atoms with Crippen LogP contribution in [0.25, 0.3) is 0 Å². The van der Waals surface area contributed by atoms with Gasteiger partial charge in [0.1, 0.15) is 12.4 Å². The van der Waals surface area contributed by atoms with Crippen molar-refractivity contribution in [1.29, 1.82) is 0 Å². The highest BCUT2D eigenvalue weighted by Crippen LogP contribution is 2.20. The first-order valence-electron chi connectivity index (χ1n) is 6.74. The van der Waals surface area contributed by atoms with Gasteiger partial charge in [-0.15, -0.1) is 0 Å². The van der Waals surface area contributed by atoms with E-state index in [4.69, 9.17) is 4.74 Å². The highest BCUT2D eigenvalue weighted by molar-refractivity contribution is 5.87. The molecule has 0 saturated carbocycles. The molecule has 2 aromatic rings. The zero-order valence-electron chi connectivity index (χ0n) is 11.7. The van der Waals surface area contributed by atoms with Gasteiger partial charge in [-0.25, -0.2) is 9.18 Å². The third-order valence-electron chi connectivity index (χ3n) is 2.95. The van der Waals surface area contributed by atoms with Gasteiger partial charge in [0.2, 0.25) is 0 Å². The van der Waals surface area contributed by atoms with Crippen molar-refractivity contribution in [2.45, 2.75) is 13.0 Å². The Balaban J connectivity index is 2.08. The van der Waals surface area contributed by atoms with E-state index in [0.29, 0.717) is 13.0 Å². The fourth-order valence-corrected chi connectivity index (χ4v) is 1.94. The van der Waals surface area contributed by atoms with Crippen molar-refractivity contribution in [2.24, 2.45) is 0 Å². The van der Waals surface area contributed by atoms with Crippen LogP contribution in [0.2, 0.25) is 0 Å². The molecule has 0 aliphatic carbocycles. The Labute approximate surface area is 124 Å². The van der Waals surface area contributed by atoms with Gasteiger partial charge in [0.25, 0.3) is 0 Å². The van der Waals surface area contributed by atoms with Gasteiger partial charge >= 0.3 is 6.09 Å². The standard InChI is InChI=1S/C17H17FNO2/c1-2-12-19(16-11-7-6-10-15(16)18)17(20)21-13-14-8-4-3-5-9-14/h3-11H,1-2,12-13H2. The van der Waals surface area contributed by atoms with E-state index in [9.17, 15) is 9.18 Å². The predicted molar refractivity (Wildman–Crippen MR) is 80.3 cm³/mol. The highest BCUT2D eigenvalue weighted by Gasteiger charge is 2.19. The van der Waals surface area contributed by atoms with Crippen LogP contribution in [0.3, 0.4) is 0 Å². The summed E-state index contributed by atoms with van der Waals surface area (Å²) >= 11 is 0. The van der Waals surface area contributed by atoms with Gasteiger partial charge in [0, 0.05) is 6.54 Å². The van der Waals surface area contributed by atoms with Crippen molar-refractivity contribution in [3.05, 3.63) is 72.9 Å². The molecule has 2 rings (SSSR count). The topological polar surface area (TPSA) is 29.5 Å². The number of amides is 1. The van der Waals surface area contributed by atoms with Crippen LogP contribution < -0.4 is 4.90 Å². The number of ether oxygens (including phenoxy) is 1. The predicted octanol–water partition coefficient (Wildman–Crippen LogP) is 4.19. The number of rotatable bonds is 5. The smallest absolute Gasteiger partial charge is 0.414 e. The fourth-order valence-electron chi connectivity index (χ4n) is 1.94. The lowest BCUT2D eigenvalue weighted by molar-refractivity contribution is 0.147. The van der Waals surface area contributed by atoms with E-state index in [1.54, 1.807) is 18.2 Å². The minimum atomic E-state index is -0.576. The SMILES string of the molecule is [CH2]CCN(C(=O)OCc1ccccc1)c1ccccc1F. The Morgan fingerprint density at radius 1 is 1.10 bits per heavy atom. The third-order valence-corrected chi connectivity index (χ3v) is 2.95. The first kappa shape index (κ1) is 15.0. The van der Waals surface area contributed by atoms with Crippen LogP contribution in [0, 0.1) is 12.7 Å². The molecule has 3 nitrogen and oxygen atoms in total. The summed E-state index contributed by atoms with van der Waals surface area (Å²) in [6.07, 6.45) is -0.109. The molecular weight excluding hydrogens is 269 g/mol. The van der Waals surface area contributed by atoms with Gasteiger partial charge in [0.15, 0.2) is 0 Å². The molecule has 0 N–H and O–H groups in total. The maximum atomic E-state index is 13.8. The summed E-state index contributed by atoms with van der Waals surface area (Å²) in [6, 6.07) is 15.5. The number of hydrogen-bond acceptors (Lipinski definition) is 2. The molecule has 1 radical (unpaired) electrons. The second-order valence-electron chi connectivity index (χ2n) is 4.50. The second-order valence-corrected chi connectivity index (χ2v) is 4.50. The summed E-state index contributed by atoms with van der Waals surface area (Å²) in [4.78, 5) is 13.4. The number of nitrogens with zero attached hydrogens (tertiary/aromatic N) is 1. The second kappa shape index (κ2) is 7.43. The molecule has 21 heavy (non-hydrogen) atoms. The van der Waals surface area contributed by atoms with E-state index in [0.717, 1.165) is 5.56 Å². The number of anilines is 1. The molecule has 0 unspecified atom stereocenters. The molecule has 0 aliphatic rings. The normalized spacial score (nSPS) is 10.2. The Morgan fingerprint density at radius 2 is 1.76 bits per heavy atom. The third kappa shape index (κ3) is 4.05. The van der Waals surface area contributed by atoms with E-state index in [1.165, 1.54) is 11.0 Å². The van der Waals surface area contributed by atoms with Crippen LogP contribution in [-0.4, -0.2) is 12.6 Å². The maximum Gasteiger partial charge on any atom is 0.414 e. The van der Waals surface area contributed by atoms with Crippen molar-refractivity contribution in [3.63, 3.8) is 0 Å². The van der Waals surface area contributed by atoms with Gasteiger partial charge in [-0.05, 0) is 24.1 Å². The average Bonchev–Trinajstić information content (AvgIpc) is 2.52. The quantitative estimate of drug-likeness (QED) is 0.824. The summed E-state index contributed by atoms with van der Waals surface area (Å²) < 4.78 is 19.1. The van der Waals surface area contributed by atoms with Crippen LogP contribution in [0.15, 0.2) is 54.6 Å². The lowest BCUT2D eigenvalue weighted by atomic mass is 10.2. The van der Waals surface area contributed by atoms with Crippen molar-refractivity contribution >= 4 is 11.8 Å². The minimum Gasteiger partial charge on any atom is -0.444 e. The van der Waals surface area contributed by atoms with E-state index in [-0.39, 0.29) is 12.3 Å². The lowest BCUT2D eigenvalue weighted by Gasteiger charge is -2.22. The number of carbonyl (C=O) groups is 1. The Kier molecular flexibility index (Phi) is 5.32. The first-order valence-corrected chi connectivity index (χ1v) is 6.74. The average molecular weight is 286 g/mol. The summed E-state index contributed by atoms with van der Waals surface area (Å²) in [7, 11) is 0. The number of carbonyl (C=O) groups excluding carboxylic acids is 1. The first-order chi connectivity index (χ1) is 10.2. The summed E-state index contributed by atoms with van der Waals surface area (Å²) in [5.41, 5.74) is 1.09. The van der Waals surface area contributed by atoms with E-state index in [2.05, 4.69) is 6.92 Å². The molecule has 109 valence electrons. The molecule has 1 amide bonds. The molecule has 0 atom stereocenters. The lowest BCUT2D eigenvalue weighted by Crippen LogP contribution is -2.32. The zero-order valence-corrected chi connectivity index (χ0v) is 11.7. The highest BCUT2D eigenvalue weighted by atomic mass is 19.1. The molecule has 2 aromatic carbocycles.